The van der Waals surface area contributed by atoms with Crippen LogP contribution in [0.15, 0.2) is 18.2 Å². The first-order chi connectivity index (χ1) is 9.10. The van der Waals surface area contributed by atoms with Crippen molar-refractivity contribution in [2.45, 2.75) is 44.8 Å². The average molecular weight is 262 g/mol. The van der Waals surface area contributed by atoms with Crippen molar-refractivity contribution >= 4 is 11.6 Å². The van der Waals surface area contributed by atoms with Crippen LogP contribution in [0.4, 0.5) is 5.69 Å². The van der Waals surface area contributed by atoms with Gasteiger partial charge in [0.15, 0.2) is 0 Å². The highest BCUT2D eigenvalue weighted by atomic mass is 16.3. The van der Waals surface area contributed by atoms with Gasteiger partial charge in [-0.1, -0.05) is 6.07 Å². The van der Waals surface area contributed by atoms with Crippen LogP contribution in [0.1, 0.15) is 41.6 Å². The first-order valence-corrected chi connectivity index (χ1v) is 6.87. The third-order valence-electron chi connectivity index (χ3n) is 3.72. The third kappa shape index (κ3) is 3.47. The minimum Gasteiger partial charge on any atom is -0.393 e. The zero-order chi connectivity index (χ0) is 13.8. The summed E-state index contributed by atoms with van der Waals surface area (Å²) in [5.74, 6) is -0.0364. The first kappa shape index (κ1) is 13.9. The molecule has 1 aromatic carbocycles. The summed E-state index contributed by atoms with van der Waals surface area (Å²) in [6, 6.07) is 5.95. The molecule has 2 rings (SSSR count). The van der Waals surface area contributed by atoms with Crippen molar-refractivity contribution in [1.82, 2.24) is 5.32 Å². The van der Waals surface area contributed by atoms with Crippen molar-refractivity contribution < 1.29 is 9.90 Å². The van der Waals surface area contributed by atoms with Crippen LogP contribution < -0.4 is 10.6 Å². The predicted molar refractivity (Wildman–Crippen MR) is 76.5 cm³/mol. The normalized spacial score (nSPS) is 22.9. The largest absolute Gasteiger partial charge is 0.393 e. The van der Waals surface area contributed by atoms with Gasteiger partial charge in [0.2, 0.25) is 0 Å². The van der Waals surface area contributed by atoms with Gasteiger partial charge < -0.3 is 15.7 Å². The number of aryl methyl sites for hydroxylation is 1. The summed E-state index contributed by atoms with van der Waals surface area (Å²) >= 11 is 0. The second-order valence-electron chi connectivity index (χ2n) is 5.28. The Bertz CT molecular complexity index is 451. The zero-order valence-electron chi connectivity index (χ0n) is 11.6. The summed E-state index contributed by atoms with van der Waals surface area (Å²) in [6.07, 6.45) is 3.07. The molecule has 4 heteroatoms. The van der Waals surface area contributed by atoms with E-state index in [0.29, 0.717) is 5.56 Å². The van der Waals surface area contributed by atoms with E-state index in [2.05, 4.69) is 10.6 Å². The molecule has 0 heterocycles. The number of hydrogen-bond donors (Lipinski definition) is 3. The van der Waals surface area contributed by atoms with Gasteiger partial charge >= 0.3 is 0 Å². The molecule has 0 radical (unpaired) electrons. The maximum Gasteiger partial charge on any atom is 0.253 e. The summed E-state index contributed by atoms with van der Waals surface area (Å²) in [5.41, 5.74) is 2.66. The van der Waals surface area contributed by atoms with E-state index < -0.39 is 0 Å². The molecule has 0 saturated heterocycles. The number of amides is 1. The molecular formula is C15H22N2O2. The summed E-state index contributed by atoms with van der Waals surface area (Å²) in [7, 11) is 1.82. The van der Waals surface area contributed by atoms with Crippen molar-refractivity contribution in [2.75, 3.05) is 12.4 Å². The topological polar surface area (TPSA) is 61.4 Å². The fourth-order valence-electron chi connectivity index (χ4n) is 2.55. The van der Waals surface area contributed by atoms with Crippen LogP contribution in [0.3, 0.4) is 0 Å². The Morgan fingerprint density at radius 1 is 1.26 bits per heavy atom. The SMILES string of the molecule is CNc1cc(C)ccc1C(=O)NC1CCC(O)CC1. The van der Waals surface area contributed by atoms with E-state index in [1.807, 2.05) is 32.2 Å². The predicted octanol–water partition coefficient (Wildman–Crippen LogP) is 2.07. The van der Waals surface area contributed by atoms with Crippen molar-refractivity contribution in [1.29, 1.82) is 0 Å². The number of rotatable bonds is 3. The fraction of sp³-hybridized carbons (Fsp3) is 0.533. The Morgan fingerprint density at radius 3 is 2.58 bits per heavy atom. The van der Waals surface area contributed by atoms with Gasteiger partial charge in [0.05, 0.1) is 11.7 Å². The fourth-order valence-corrected chi connectivity index (χ4v) is 2.55. The number of hydrogen-bond acceptors (Lipinski definition) is 3. The number of aliphatic hydroxyl groups is 1. The molecule has 0 bridgehead atoms. The highest BCUT2D eigenvalue weighted by Crippen LogP contribution is 2.21. The van der Waals surface area contributed by atoms with Gasteiger partial charge in [-0.15, -0.1) is 0 Å². The minimum absolute atomic E-state index is 0.0364. The number of aliphatic hydroxyl groups excluding tert-OH is 1. The lowest BCUT2D eigenvalue weighted by atomic mass is 9.93. The third-order valence-corrected chi connectivity index (χ3v) is 3.72. The van der Waals surface area contributed by atoms with E-state index in [0.717, 1.165) is 36.9 Å². The first-order valence-electron chi connectivity index (χ1n) is 6.87. The molecule has 0 spiro atoms. The number of nitrogens with one attached hydrogen (secondary N) is 2. The van der Waals surface area contributed by atoms with Gasteiger partial charge in [-0.3, -0.25) is 4.79 Å². The summed E-state index contributed by atoms with van der Waals surface area (Å²) in [4.78, 5) is 12.3. The van der Waals surface area contributed by atoms with Crippen LogP contribution >= 0.6 is 0 Å². The van der Waals surface area contributed by atoms with Crippen LogP contribution in [-0.2, 0) is 0 Å². The lowest BCUT2D eigenvalue weighted by Crippen LogP contribution is -2.38. The van der Waals surface area contributed by atoms with E-state index in [1.165, 1.54) is 0 Å². The summed E-state index contributed by atoms with van der Waals surface area (Å²) in [6.45, 7) is 2.01. The molecule has 0 unspecified atom stereocenters. The van der Waals surface area contributed by atoms with Crippen LogP contribution in [0.2, 0.25) is 0 Å². The van der Waals surface area contributed by atoms with E-state index >= 15 is 0 Å². The number of anilines is 1. The Balaban J connectivity index is 2.03. The van der Waals surface area contributed by atoms with Crippen LogP contribution in [-0.4, -0.2) is 30.2 Å². The second kappa shape index (κ2) is 6.06. The van der Waals surface area contributed by atoms with Crippen molar-refractivity contribution in [2.24, 2.45) is 0 Å². The molecule has 104 valence electrons. The van der Waals surface area contributed by atoms with E-state index in [9.17, 15) is 9.90 Å². The monoisotopic (exact) mass is 262 g/mol. The molecule has 1 aliphatic rings. The van der Waals surface area contributed by atoms with Gasteiger partial charge in [0.25, 0.3) is 5.91 Å². The Labute approximate surface area is 114 Å². The Hall–Kier alpha value is -1.55. The lowest BCUT2D eigenvalue weighted by Gasteiger charge is -2.26. The zero-order valence-corrected chi connectivity index (χ0v) is 11.6. The van der Waals surface area contributed by atoms with Crippen molar-refractivity contribution in [3.63, 3.8) is 0 Å². The number of carbonyl (C=O) groups excluding carboxylic acids is 1. The van der Waals surface area contributed by atoms with Crippen LogP contribution in [0, 0.1) is 6.92 Å². The highest BCUT2D eigenvalue weighted by molar-refractivity contribution is 5.99. The van der Waals surface area contributed by atoms with Gasteiger partial charge in [-0.25, -0.2) is 0 Å². The summed E-state index contributed by atoms with van der Waals surface area (Å²) in [5, 5.41) is 15.6. The Morgan fingerprint density at radius 2 is 1.95 bits per heavy atom. The van der Waals surface area contributed by atoms with Gasteiger partial charge in [-0.05, 0) is 50.3 Å². The quantitative estimate of drug-likeness (QED) is 0.781. The smallest absolute Gasteiger partial charge is 0.253 e. The molecule has 0 aromatic heterocycles. The molecule has 1 saturated carbocycles. The maximum atomic E-state index is 12.3. The lowest BCUT2D eigenvalue weighted by molar-refractivity contribution is 0.0868. The minimum atomic E-state index is -0.194. The summed E-state index contributed by atoms with van der Waals surface area (Å²) < 4.78 is 0. The van der Waals surface area contributed by atoms with Crippen molar-refractivity contribution in [3.05, 3.63) is 29.3 Å². The second-order valence-corrected chi connectivity index (χ2v) is 5.28. The number of benzene rings is 1. The number of carbonyl (C=O) groups is 1. The van der Waals surface area contributed by atoms with E-state index in [-0.39, 0.29) is 18.1 Å². The highest BCUT2D eigenvalue weighted by Gasteiger charge is 2.22. The molecule has 4 nitrogen and oxygen atoms in total. The molecule has 1 aliphatic carbocycles. The molecule has 1 aromatic rings. The van der Waals surface area contributed by atoms with Crippen LogP contribution in [0.5, 0.6) is 0 Å². The standard InChI is InChI=1S/C15H22N2O2/c1-10-3-8-13(14(9-10)16-2)15(19)17-11-4-6-12(18)7-5-11/h3,8-9,11-12,16,18H,4-7H2,1-2H3,(H,17,19). The maximum absolute atomic E-state index is 12.3. The van der Waals surface area contributed by atoms with E-state index in [4.69, 9.17) is 0 Å². The molecule has 0 atom stereocenters. The van der Waals surface area contributed by atoms with Gasteiger partial charge in [0, 0.05) is 18.8 Å². The van der Waals surface area contributed by atoms with E-state index in [1.54, 1.807) is 0 Å². The van der Waals surface area contributed by atoms with Crippen molar-refractivity contribution in [3.8, 4) is 0 Å². The van der Waals surface area contributed by atoms with Crippen LogP contribution in [0.25, 0.3) is 0 Å². The molecule has 0 aliphatic heterocycles. The molecule has 1 fully saturated rings. The van der Waals surface area contributed by atoms with Gasteiger partial charge in [0.1, 0.15) is 0 Å². The molecule has 1 amide bonds. The molecule has 3 N–H and O–H groups in total. The average Bonchev–Trinajstić information content (AvgIpc) is 2.41. The molecular weight excluding hydrogens is 240 g/mol. The Kier molecular flexibility index (Phi) is 4.43. The molecule has 19 heavy (non-hydrogen) atoms. The van der Waals surface area contributed by atoms with Gasteiger partial charge in [-0.2, -0.15) is 0 Å².